The molecule has 2 fully saturated rings. The van der Waals surface area contributed by atoms with E-state index in [1.54, 1.807) is 25.7 Å². The second kappa shape index (κ2) is 9.11. The number of carboxylic acids is 1. The van der Waals surface area contributed by atoms with Crippen LogP contribution >= 0.6 is 0 Å². The number of hydrogen-bond acceptors (Lipinski definition) is 1. The van der Waals surface area contributed by atoms with Crippen LogP contribution < -0.4 is 0 Å². The molecule has 3 heteroatoms. The van der Waals surface area contributed by atoms with Gasteiger partial charge in [-0.3, -0.25) is 4.79 Å². The monoisotopic (exact) mass is 332 g/mol. The molecule has 0 unspecified atom stereocenters. The van der Waals surface area contributed by atoms with Gasteiger partial charge in [-0.05, 0) is 0 Å². The van der Waals surface area contributed by atoms with Gasteiger partial charge >= 0.3 is 91.0 Å². The van der Waals surface area contributed by atoms with Crippen LogP contribution in [0.3, 0.4) is 0 Å². The fourth-order valence-corrected chi connectivity index (χ4v) is 5.82. The van der Waals surface area contributed by atoms with Crippen molar-refractivity contribution in [1.82, 2.24) is 0 Å². The van der Waals surface area contributed by atoms with E-state index in [1.165, 1.54) is 47.3 Å². The maximum absolute atomic E-state index is 9.00. The molecule has 104 valence electrons. The van der Waals surface area contributed by atoms with E-state index in [-0.39, 0.29) is 0 Å². The minimum absolute atomic E-state index is 0.833. The number of rotatable bonds is 2. The molecular weight excluding hydrogens is 307 g/mol. The van der Waals surface area contributed by atoms with Crippen LogP contribution in [-0.2, 0) is 22.8 Å². The molecule has 0 saturated heterocycles. The molecule has 1 N–H and O–H groups in total. The molecule has 0 radical (unpaired) electrons. The van der Waals surface area contributed by atoms with Gasteiger partial charge in [0.2, 0.25) is 0 Å². The topological polar surface area (TPSA) is 37.3 Å². The van der Waals surface area contributed by atoms with Crippen LogP contribution in [0.25, 0.3) is 0 Å². The average Bonchev–Trinajstić information content (AvgIpc) is 2.31. The zero-order valence-electron chi connectivity index (χ0n) is 10.9. The molecule has 0 aromatic heterocycles. The molecular formula is C14H26O2Pd. The minimum atomic E-state index is -0.833. The summed E-state index contributed by atoms with van der Waals surface area (Å²) in [7, 11) is 0. The van der Waals surface area contributed by atoms with Gasteiger partial charge in [0.05, 0.1) is 0 Å². The summed E-state index contributed by atoms with van der Waals surface area (Å²) in [6, 6.07) is 0. The van der Waals surface area contributed by atoms with E-state index in [2.05, 4.69) is 0 Å². The SMILES string of the molecule is C1CC[CH]([Pd][CH]2CCCCC2)CC1.CC(=O)O. The van der Waals surface area contributed by atoms with Gasteiger partial charge in [0, 0.05) is 6.92 Å². The van der Waals surface area contributed by atoms with E-state index in [9.17, 15) is 0 Å². The third-order valence-electron chi connectivity index (χ3n) is 3.30. The predicted molar refractivity (Wildman–Crippen MR) is 67.0 cm³/mol. The van der Waals surface area contributed by atoms with Gasteiger partial charge < -0.3 is 5.11 Å². The number of hydrogen-bond donors (Lipinski definition) is 1. The van der Waals surface area contributed by atoms with Gasteiger partial charge in [0.1, 0.15) is 0 Å². The normalized spacial score (nSPS) is 22.9. The van der Waals surface area contributed by atoms with Gasteiger partial charge in [-0.15, -0.1) is 0 Å². The van der Waals surface area contributed by atoms with Crippen molar-refractivity contribution in [3.63, 3.8) is 0 Å². The fraction of sp³-hybridized carbons (Fsp3) is 0.929. The zero-order chi connectivity index (χ0) is 12.5. The smallest absolute Gasteiger partial charge is 0.300 e. The molecule has 0 amide bonds. The largest absolute Gasteiger partial charge is 0.481 e. The van der Waals surface area contributed by atoms with Crippen LogP contribution in [0, 0.1) is 0 Å². The van der Waals surface area contributed by atoms with E-state index in [0.717, 1.165) is 24.9 Å². The summed E-state index contributed by atoms with van der Waals surface area (Å²) in [6.45, 7) is 1.08. The Morgan fingerprint density at radius 2 is 1.18 bits per heavy atom. The Labute approximate surface area is 114 Å². The Kier molecular flexibility index (Phi) is 8.14. The Morgan fingerprint density at radius 1 is 0.882 bits per heavy atom. The molecule has 2 aliphatic carbocycles. The molecule has 2 saturated carbocycles. The van der Waals surface area contributed by atoms with Gasteiger partial charge in [0.15, 0.2) is 0 Å². The first-order valence-electron chi connectivity index (χ1n) is 6.93. The van der Waals surface area contributed by atoms with Crippen LogP contribution in [0.1, 0.15) is 71.1 Å². The maximum atomic E-state index is 9.00. The first kappa shape index (κ1) is 15.2. The zero-order valence-corrected chi connectivity index (χ0v) is 12.5. The van der Waals surface area contributed by atoms with Crippen molar-refractivity contribution in [1.29, 1.82) is 0 Å². The number of aliphatic carboxylic acids is 1. The fourth-order valence-electron chi connectivity index (χ4n) is 2.48. The third-order valence-corrected chi connectivity index (χ3v) is 6.56. The van der Waals surface area contributed by atoms with Crippen LogP contribution in [0.15, 0.2) is 0 Å². The van der Waals surface area contributed by atoms with E-state index in [4.69, 9.17) is 9.90 Å². The molecule has 0 aliphatic heterocycles. The van der Waals surface area contributed by atoms with Crippen LogP contribution in [0.2, 0.25) is 8.78 Å². The summed E-state index contributed by atoms with van der Waals surface area (Å²) in [4.78, 5) is 9.00. The quantitative estimate of drug-likeness (QED) is 0.746. The molecule has 0 heterocycles. The molecule has 0 spiro atoms. The summed E-state index contributed by atoms with van der Waals surface area (Å²) >= 11 is 1.13. The summed E-state index contributed by atoms with van der Waals surface area (Å²) in [5.74, 6) is -0.833. The Balaban J connectivity index is 0.000000317. The maximum Gasteiger partial charge on any atom is 0.300 e. The van der Waals surface area contributed by atoms with Gasteiger partial charge in [0.25, 0.3) is 5.97 Å². The van der Waals surface area contributed by atoms with E-state index in [0.29, 0.717) is 0 Å². The van der Waals surface area contributed by atoms with Gasteiger partial charge in [-0.2, -0.15) is 0 Å². The molecule has 0 aromatic carbocycles. The van der Waals surface area contributed by atoms with Crippen LogP contribution in [0.4, 0.5) is 0 Å². The molecule has 0 aromatic rings. The first-order valence-corrected chi connectivity index (χ1v) is 8.72. The second-order valence-corrected chi connectivity index (χ2v) is 8.05. The molecule has 2 aliphatic rings. The van der Waals surface area contributed by atoms with Crippen molar-refractivity contribution >= 4 is 5.97 Å². The summed E-state index contributed by atoms with van der Waals surface area (Å²) < 4.78 is 2.34. The van der Waals surface area contributed by atoms with Crippen molar-refractivity contribution in [3.05, 3.63) is 0 Å². The van der Waals surface area contributed by atoms with Crippen LogP contribution in [-0.4, -0.2) is 11.1 Å². The predicted octanol–water partition coefficient (Wildman–Crippen LogP) is 4.67. The van der Waals surface area contributed by atoms with E-state index in [1.807, 2.05) is 0 Å². The number of carboxylic acid groups (broad SMARTS) is 1. The molecule has 0 atom stereocenters. The molecule has 2 rings (SSSR count). The Hall–Kier alpha value is 0.132. The molecule has 17 heavy (non-hydrogen) atoms. The van der Waals surface area contributed by atoms with Crippen molar-refractivity contribution in [3.8, 4) is 0 Å². The standard InChI is InChI=1S/2C6H11.C2H4O2.Pd/c2*1-2-4-6-5-3-1;1-2(3)4;/h2*1H,2-6H2;1H3,(H,3,4);. The van der Waals surface area contributed by atoms with Crippen molar-refractivity contribution in [2.75, 3.05) is 0 Å². The van der Waals surface area contributed by atoms with Gasteiger partial charge in [-0.25, -0.2) is 0 Å². The van der Waals surface area contributed by atoms with Crippen molar-refractivity contribution in [2.24, 2.45) is 0 Å². The Bertz CT molecular complexity index is 186. The van der Waals surface area contributed by atoms with Crippen LogP contribution in [0.5, 0.6) is 0 Å². The van der Waals surface area contributed by atoms with Crippen molar-refractivity contribution in [2.45, 2.75) is 79.9 Å². The van der Waals surface area contributed by atoms with Gasteiger partial charge in [-0.1, -0.05) is 0 Å². The molecule has 0 bridgehead atoms. The van der Waals surface area contributed by atoms with E-state index < -0.39 is 5.97 Å². The third kappa shape index (κ3) is 7.95. The summed E-state index contributed by atoms with van der Waals surface area (Å²) in [6.07, 6.45) is 15.5. The number of carbonyl (C=O) groups is 1. The first-order chi connectivity index (χ1) is 8.18. The minimum Gasteiger partial charge on any atom is -0.481 e. The van der Waals surface area contributed by atoms with E-state index >= 15 is 0 Å². The average molecular weight is 333 g/mol. The Morgan fingerprint density at radius 3 is 1.47 bits per heavy atom. The summed E-state index contributed by atoms with van der Waals surface area (Å²) in [5, 5.41) is 7.42. The summed E-state index contributed by atoms with van der Waals surface area (Å²) in [5.41, 5.74) is 0. The molecule has 2 nitrogen and oxygen atoms in total. The van der Waals surface area contributed by atoms with Crippen molar-refractivity contribution < 1.29 is 27.9 Å². The second-order valence-electron chi connectivity index (χ2n) is 4.99.